The molecule has 114 valence electrons. The van der Waals surface area contributed by atoms with Crippen LogP contribution in [-0.2, 0) is 30.9 Å². The Morgan fingerprint density at radius 3 is 0.588 bits per heavy atom. The van der Waals surface area contributed by atoms with Crippen molar-refractivity contribution in [1.29, 1.82) is 0 Å². The minimum absolute atomic E-state index is 0. The van der Waals surface area contributed by atoms with Gasteiger partial charge in [-0.25, -0.2) is 0 Å². The van der Waals surface area contributed by atoms with Gasteiger partial charge in [0.05, 0.1) is 0 Å². The van der Waals surface area contributed by atoms with Crippen LogP contribution in [-0.4, -0.2) is 55.1 Å². The number of aliphatic carboxylic acids is 3. The van der Waals surface area contributed by atoms with Gasteiger partial charge in [0.2, 0.25) is 0 Å². The maximum absolute atomic E-state index is 9.00. The van der Waals surface area contributed by atoms with E-state index in [2.05, 4.69) is 0 Å². The molecule has 0 spiro atoms. The average molecular weight is 311 g/mol. The molecule has 0 unspecified atom stereocenters. The third kappa shape index (κ3) is 1520. The molecule has 0 amide bonds. The SMILES string of the molecule is CC(=O)O.CC(=O)O.CC(=O)O.O.O.O.O.[Ni]. The van der Waals surface area contributed by atoms with Gasteiger partial charge in [-0.15, -0.1) is 0 Å². The van der Waals surface area contributed by atoms with Gasteiger partial charge in [0.15, 0.2) is 0 Å². The van der Waals surface area contributed by atoms with Crippen LogP contribution in [0.1, 0.15) is 20.8 Å². The third-order valence-electron chi connectivity index (χ3n) is 0. The molecule has 0 rings (SSSR count). The summed E-state index contributed by atoms with van der Waals surface area (Å²) in [5, 5.41) is 22.2. The molecule has 0 saturated carbocycles. The van der Waals surface area contributed by atoms with E-state index in [0.29, 0.717) is 0 Å². The Bertz CT molecular complexity index is 118. The Balaban J connectivity index is -0.0000000104. The summed E-state index contributed by atoms with van der Waals surface area (Å²) in [6, 6.07) is 0. The van der Waals surface area contributed by atoms with E-state index in [1.54, 1.807) is 0 Å². The minimum atomic E-state index is -0.833. The number of carboxylic acids is 3. The molecule has 0 aromatic heterocycles. The molecule has 17 heavy (non-hydrogen) atoms. The van der Waals surface area contributed by atoms with Crippen molar-refractivity contribution in [3.8, 4) is 0 Å². The second-order valence-electron chi connectivity index (χ2n) is 1.56. The van der Waals surface area contributed by atoms with Gasteiger partial charge in [-0.2, -0.15) is 0 Å². The van der Waals surface area contributed by atoms with Crippen LogP contribution in [0.2, 0.25) is 0 Å². The predicted octanol–water partition coefficient (Wildman–Crippen LogP) is -3.03. The van der Waals surface area contributed by atoms with Crippen LogP contribution in [0.25, 0.3) is 0 Å². The molecule has 11 heteroatoms. The van der Waals surface area contributed by atoms with E-state index in [-0.39, 0.29) is 38.4 Å². The first-order valence-corrected chi connectivity index (χ1v) is 2.78. The Morgan fingerprint density at radius 2 is 0.588 bits per heavy atom. The fourth-order valence-electron chi connectivity index (χ4n) is 0. The first-order valence-electron chi connectivity index (χ1n) is 2.78. The van der Waals surface area contributed by atoms with Crippen LogP contribution < -0.4 is 0 Å². The molecule has 0 heterocycles. The molecule has 11 N–H and O–H groups in total. The molecule has 0 radical (unpaired) electrons. The van der Waals surface area contributed by atoms with E-state index >= 15 is 0 Å². The van der Waals surface area contributed by atoms with Gasteiger partial charge >= 0.3 is 0 Å². The standard InChI is InChI=1S/3C2H4O2.Ni.4H2O/c3*1-2(3)4;;;;;/h3*1H3,(H,3,4);;4*1H2. The molecule has 0 aromatic carbocycles. The number of hydrogen-bond acceptors (Lipinski definition) is 3. The molecular weight excluding hydrogens is 291 g/mol. The zero-order valence-corrected chi connectivity index (χ0v) is 10.4. The van der Waals surface area contributed by atoms with Crippen LogP contribution in [0.3, 0.4) is 0 Å². The molecule has 0 aromatic rings. The maximum Gasteiger partial charge on any atom is 0.300 e. The molecule has 10 nitrogen and oxygen atoms in total. The van der Waals surface area contributed by atoms with E-state index < -0.39 is 17.9 Å². The average Bonchev–Trinajstić information content (AvgIpc) is 1.54. The quantitative estimate of drug-likeness (QED) is 0.392. The molecule has 0 aliphatic carbocycles. The van der Waals surface area contributed by atoms with E-state index in [9.17, 15) is 0 Å². The van der Waals surface area contributed by atoms with Gasteiger partial charge in [0.25, 0.3) is 17.9 Å². The molecule has 0 atom stereocenters. The van der Waals surface area contributed by atoms with Crippen molar-refractivity contribution >= 4 is 17.9 Å². The largest absolute Gasteiger partial charge is 0.481 e. The van der Waals surface area contributed by atoms with Gasteiger partial charge < -0.3 is 37.2 Å². The van der Waals surface area contributed by atoms with E-state index in [1.807, 2.05) is 0 Å². The van der Waals surface area contributed by atoms with Crippen molar-refractivity contribution in [3.05, 3.63) is 0 Å². The first kappa shape index (κ1) is 57.1. The smallest absolute Gasteiger partial charge is 0.300 e. The number of hydrogen-bond donors (Lipinski definition) is 3. The second-order valence-corrected chi connectivity index (χ2v) is 1.56. The predicted molar refractivity (Wildman–Crippen MR) is 54.4 cm³/mol. The van der Waals surface area contributed by atoms with E-state index in [0.717, 1.165) is 20.8 Å². The van der Waals surface area contributed by atoms with Crippen molar-refractivity contribution in [1.82, 2.24) is 0 Å². The molecule has 0 saturated heterocycles. The molecule has 0 bridgehead atoms. The summed E-state index contributed by atoms with van der Waals surface area (Å²) in [4.78, 5) is 27.0. The summed E-state index contributed by atoms with van der Waals surface area (Å²) < 4.78 is 0. The summed E-state index contributed by atoms with van der Waals surface area (Å²) in [5.74, 6) is -2.50. The van der Waals surface area contributed by atoms with Gasteiger partial charge in [-0.1, -0.05) is 0 Å². The van der Waals surface area contributed by atoms with Crippen LogP contribution in [0, 0.1) is 0 Å². The van der Waals surface area contributed by atoms with Crippen molar-refractivity contribution in [3.63, 3.8) is 0 Å². The summed E-state index contributed by atoms with van der Waals surface area (Å²) in [7, 11) is 0. The summed E-state index contributed by atoms with van der Waals surface area (Å²) in [5.41, 5.74) is 0. The topological polar surface area (TPSA) is 238 Å². The zero-order valence-electron chi connectivity index (χ0n) is 9.38. The number of carbonyl (C=O) groups is 3. The molecule has 0 fully saturated rings. The van der Waals surface area contributed by atoms with Crippen LogP contribution in [0.15, 0.2) is 0 Å². The molecular formula is C6H20NiO10. The number of rotatable bonds is 0. The van der Waals surface area contributed by atoms with Gasteiger partial charge in [0.1, 0.15) is 0 Å². The third-order valence-corrected chi connectivity index (χ3v) is 0. The van der Waals surface area contributed by atoms with Crippen molar-refractivity contribution < 1.29 is 68.1 Å². The van der Waals surface area contributed by atoms with Crippen molar-refractivity contribution in [2.24, 2.45) is 0 Å². The fraction of sp³-hybridized carbons (Fsp3) is 0.500. The van der Waals surface area contributed by atoms with Gasteiger partial charge in [-0.3, -0.25) is 14.4 Å². The summed E-state index contributed by atoms with van der Waals surface area (Å²) in [6.45, 7) is 3.25. The Labute approximate surface area is 107 Å². The Hall–Kier alpha value is -1.26. The van der Waals surface area contributed by atoms with Crippen molar-refractivity contribution in [2.45, 2.75) is 20.8 Å². The van der Waals surface area contributed by atoms with Gasteiger partial charge in [0, 0.05) is 37.3 Å². The maximum atomic E-state index is 9.00. The number of carboxylic acid groups (broad SMARTS) is 3. The summed E-state index contributed by atoms with van der Waals surface area (Å²) in [6.07, 6.45) is 0. The van der Waals surface area contributed by atoms with Crippen molar-refractivity contribution in [2.75, 3.05) is 0 Å². The molecule has 0 aliphatic heterocycles. The zero-order chi connectivity index (χ0) is 10.7. The minimum Gasteiger partial charge on any atom is -0.481 e. The van der Waals surface area contributed by atoms with Crippen LogP contribution in [0.4, 0.5) is 0 Å². The second kappa shape index (κ2) is 46.4. The van der Waals surface area contributed by atoms with E-state index in [4.69, 9.17) is 29.7 Å². The van der Waals surface area contributed by atoms with Crippen LogP contribution in [0.5, 0.6) is 0 Å². The van der Waals surface area contributed by atoms with Gasteiger partial charge in [-0.05, 0) is 0 Å². The molecule has 0 aliphatic rings. The normalized spacial score (nSPS) is 4.41. The van der Waals surface area contributed by atoms with Crippen LogP contribution >= 0.6 is 0 Å². The Kier molecular flexibility index (Phi) is 156. The van der Waals surface area contributed by atoms with E-state index in [1.165, 1.54) is 0 Å². The Morgan fingerprint density at radius 1 is 0.588 bits per heavy atom. The first-order chi connectivity index (χ1) is 5.20. The monoisotopic (exact) mass is 310 g/mol. The fourth-order valence-corrected chi connectivity index (χ4v) is 0. The summed E-state index contributed by atoms with van der Waals surface area (Å²) >= 11 is 0.